The average Bonchev–Trinajstić information content (AvgIpc) is 2.76. The molecule has 3 atom stereocenters. The van der Waals surface area contributed by atoms with E-state index in [9.17, 15) is 12.8 Å². The molecular formula is C23H21FN2O2S. The predicted octanol–water partition coefficient (Wildman–Crippen LogP) is 3.62. The highest BCUT2D eigenvalue weighted by molar-refractivity contribution is 7.89. The zero-order chi connectivity index (χ0) is 20.0. The van der Waals surface area contributed by atoms with Gasteiger partial charge in [-0.3, -0.25) is 0 Å². The molecule has 0 aliphatic carbocycles. The Morgan fingerprint density at radius 2 is 1.34 bits per heavy atom. The molecule has 1 unspecified atom stereocenters. The molecular weight excluding hydrogens is 387 g/mol. The molecule has 3 aromatic rings. The summed E-state index contributed by atoms with van der Waals surface area (Å²) in [5.41, 5.74) is 3.12. The Hall–Kier alpha value is -2.54. The van der Waals surface area contributed by atoms with Gasteiger partial charge in [-0.25, -0.2) is 12.8 Å². The lowest BCUT2D eigenvalue weighted by molar-refractivity contribution is 0.0370. The number of fused-ring (bicyclic) bond motifs is 2. The van der Waals surface area contributed by atoms with E-state index in [0.29, 0.717) is 18.0 Å². The number of sulfonamides is 1. The van der Waals surface area contributed by atoms with Crippen LogP contribution in [0.15, 0.2) is 83.8 Å². The highest BCUT2D eigenvalue weighted by Crippen LogP contribution is 2.46. The fourth-order valence-electron chi connectivity index (χ4n) is 4.59. The number of piperidine rings is 1. The zero-order valence-electron chi connectivity index (χ0n) is 15.7. The van der Waals surface area contributed by atoms with Crippen LogP contribution in [0.25, 0.3) is 11.1 Å². The van der Waals surface area contributed by atoms with Crippen molar-refractivity contribution >= 4 is 10.0 Å². The van der Waals surface area contributed by atoms with Gasteiger partial charge in [0.25, 0.3) is 0 Å². The summed E-state index contributed by atoms with van der Waals surface area (Å²) in [6.45, 7) is 1.29. The van der Waals surface area contributed by atoms with Gasteiger partial charge in [-0.15, -0.1) is 0 Å². The molecule has 5 rings (SSSR count). The Morgan fingerprint density at radius 3 is 1.93 bits per heavy atom. The number of halogens is 1. The van der Waals surface area contributed by atoms with Crippen molar-refractivity contribution in [3.8, 4) is 11.1 Å². The van der Waals surface area contributed by atoms with E-state index in [1.165, 1.54) is 12.1 Å². The molecule has 2 saturated heterocycles. The molecule has 2 bridgehead atoms. The number of piperazine rings is 1. The monoisotopic (exact) mass is 408 g/mol. The molecule has 2 heterocycles. The Labute approximate surface area is 170 Å². The summed E-state index contributed by atoms with van der Waals surface area (Å²) in [4.78, 5) is 0.349. The number of hydrogen-bond donors (Lipinski definition) is 1. The van der Waals surface area contributed by atoms with Crippen LogP contribution in [0.4, 0.5) is 4.39 Å². The SMILES string of the molecule is O=S(=O)(c1ccccc1)N1[C@@H]2CNC[C@H]1C2c1ccc(-c2ccc(F)cc2)cc1. The number of rotatable bonds is 4. The molecule has 0 spiro atoms. The van der Waals surface area contributed by atoms with E-state index in [-0.39, 0.29) is 23.8 Å². The van der Waals surface area contributed by atoms with Crippen LogP contribution < -0.4 is 5.32 Å². The standard InChI is InChI=1S/C23H21FN2O2S/c24-19-12-10-17(11-13-19)16-6-8-18(9-7-16)23-21-14-25-15-22(23)26(21)29(27,28)20-4-2-1-3-5-20/h1-13,21-23,25H,14-15H2/t21-,22+,23?. The summed E-state index contributed by atoms with van der Waals surface area (Å²) in [6.07, 6.45) is 0. The lowest BCUT2D eigenvalue weighted by Crippen LogP contribution is -2.73. The molecule has 29 heavy (non-hydrogen) atoms. The van der Waals surface area contributed by atoms with Gasteiger partial charge in [0.1, 0.15) is 5.82 Å². The van der Waals surface area contributed by atoms with Crippen molar-refractivity contribution < 1.29 is 12.8 Å². The molecule has 4 nitrogen and oxygen atoms in total. The van der Waals surface area contributed by atoms with Crippen molar-refractivity contribution in [2.24, 2.45) is 0 Å². The van der Waals surface area contributed by atoms with Gasteiger partial charge in [0.15, 0.2) is 0 Å². The summed E-state index contributed by atoms with van der Waals surface area (Å²) in [5, 5.41) is 3.34. The lowest BCUT2D eigenvalue weighted by atomic mass is 9.74. The first-order chi connectivity index (χ1) is 14.1. The first kappa shape index (κ1) is 18.5. The maximum atomic E-state index is 13.2. The van der Waals surface area contributed by atoms with Crippen LogP contribution in [-0.4, -0.2) is 37.9 Å². The van der Waals surface area contributed by atoms with Gasteiger partial charge in [0.2, 0.25) is 10.0 Å². The maximum absolute atomic E-state index is 13.2. The van der Waals surface area contributed by atoms with E-state index in [1.807, 2.05) is 18.2 Å². The average molecular weight is 408 g/mol. The Balaban J connectivity index is 1.41. The van der Waals surface area contributed by atoms with Gasteiger partial charge in [0, 0.05) is 31.1 Å². The second-order valence-electron chi connectivity index (χ2n) is 7.60. The third-order valence-electron chi connectivity index (χ3n) is 5.98. The van der Waals surface area contributed by atoms with E-state index >= 15 is 0 Å². The zero-order valence-corrected chi connectivity index (χ0v) is 16.5. The minimum Gasteiger partial charge on any atom is -0.313 e. The Bertz CT molecular complexity index is 1100. The third-order valence-corrected chi connectivity index (χ3v) is 7.95. The number of nitrogens with one attached hydrogen (secondary N) is 1. The molecule has 2 fully saturated rings. The number of benzene rings is 3. The molecule has 0 amide bonds. The van der Waals surface area contributed by atoms with Crippen molar-refractivity contribution in [3.63, 3.8) is 0 Å². The van der Waals surface area contributed by atoms with Gasteiger partial charge in [-0.2, -0.15) is 4.31 Å². The summed E-state index contributed by atoms with van der Waals surface area (Å²) in [5.74, 6) is -0.0723. The Morgan fingerprint density at radius 1 is 0.793 bits per heavy atom. The van der Waals surface area contributed by atoms with Crippen LogP contribution in [0.2, 0.25) is 0 Å². The first-order valence-corrected chi connectivity index (χ1v) is 11.1. The third kappa shape index (κ3) is 3.08. The maximum Gasteiger partial charge on any atom is 0.243 e. The van der Waals surface area contributed by atoms with E-state index < -0.39 is 10.0 Å². The van der Waals surface area contributed by atoms with Gasteiger partial charge < -0.3 is 5.32 Å². The number of hydrogen-bond acceptors (Lipinski definition) is 3. The second-order valence-corrected chi connectivity index (χ2v) is 9.44. The number of nitrogens with zero attached hydrogens (tertiary/aromatic N) is 1. The summed E-state index contributed by atoms with van der Waals surface area (Å²) >= 11 is 0. The van der Waals surface area contributed by atoms with Gasteiger partial charge in [-0.05, 0) is 41.0 Å². The van der Waals surface area contributed by atoms with E-state index in [2.05, 4.69) is 17.4 Å². The quantitative estimate of drug-likeness (QED) is 0.717. The second kappa shape index (κ2) is 7.06. The summed E-state index contributed by atoms with van der Waals surface area (Å²) in [6, 6.07) is 23.1. The molecule has 1 N–H and O–H groups in total. The Kier molecular flexibility index (Phi) is 4.50. The predicted molar refractivity (Wildman–Crippen MR) is 110 cm³/mol. The molecule has 148 valence electrons. The van der Waals surface area contributed by atoms with Crippen LogP contribution >= 0.6 is 0 Å². The molecule has 0 radical (unpaired) electrons. The van der Waals surface area contributed by atoms with Crippen LogP contribution in [0, 0.1) is 5.82 Å². The van der Waals surface area contributed by atoms with Crippen molar-refractivity contribution in [2.45, 2.75) is 22.9 Å². The molecule has 6 heteroatoms. The van der Waals surface area contributed by atoms with Crippen molar-refractivity contribution in [3.05, 3.63) is 90.2 Å². The lowest BCUT2D eigenvalue weighted by Gasteiger charge is -2.57. The fraction of sp³-hybridized carbons (Fsp3) is 0.217. The molecule has 0 saturated carbocycles. The van der Waals surface area contributed by atoms with Crippen LogP contribution in [0.5, 0.6) is 0 Å². The van der Waals surface area contributed by atoms with Crippen LogP contribution in [-0.2, 0) is 10.0 Å². The summed E-state index contributed by atoms with van der Waals surface area (Å²) in [7, 11) is -3.50. The van der Waals surface area contributed by atoms with Crippen molar-refractivity contribution in [2.75, 3.05) is 13.1 Å². The van der Waals surface area contributed by atoms with Crippen LogP contribution in [0.1, 0.15) is 11.5 Å². The van der Waals surface area contributed by atoms with Gasteiger partial charge in [-0.1, -0.05) is 54.6 Å². The van der Waals surface area contributed by atoms with E-state index in [1.54, 1.807) is 40.7 Å². The molecule has 2 aliphatic rings. The van der Waals surface area contributed by atoms with Crippen LogP contribution in [0.3, 0.4) is 0 Å². The van der Waals surface area contributed by atoms with Crippen molar-refractivity contribution in [1.29, 1.82) is 0 Å². The highest BCUT2D eigenvalue weighted by atomic mass is 32.2. The topological polar surface area (TPSA) is 49.4 Å². The van der Waals surface area contributed by atoms with Gasteiger partial charge >= 0.3 is 0 Å². The minimum atomic E-state index is -3.50. The van der Waals surface area contributed by atoms with E-state index in [0.717, 1.165) is 16.7 Å². The first-order valence-electron chi connectivity index (χ1n) is 9.71. The van der Waals surface area contributed by atoms with E-state index in [4.69, 9.17) is 0 Å². The summed E-state index contributed by atoms with van der Waals surface area (Å²) < 4.78 is 41.1. The fourth-order valence-corrected chi connectivity index (χ4v) is 6.45. The minimum absolute atomic E-state index is 0.0874. The molecule has 0 aromatic heterocycles. The highest BCUT2D eigenvalue weighted by Gasteiger charge is 2.56. The molecule has 3 aromatic carbocycles. The normalized spacial score (nSPS) is 24.1. The molecule has 2 aliphatic heterocycles. The van der Waals surface area contributed by atoms with Crippen molar-refractivity contribution in [1.82, 2.24) is 9.62 Å². The van der Waals surface area contributed by atoms with Gasteiger partial charge in [0.05, 0.1) is 4.90 Å². The largest absolute Gasteiger partial charge is 0.313 e. The smallest absolute Gasteiger partial charge is 0.243 e.